The van der Waals surface area contributed by atoms with Crippen molar-refractivity contribution in [1.82, 2.24) is 10.6 Å². The van der Waals surface area contributed by atoms with E-state index in [1.54, 1.807) is 0 Å². The molecule has 1 aliphatic heterocycles. The molecule has 1 heterocycles. The standard InChI is InChI=1S/C15H20N2O/c18-15(13-7-8-16-9-13)17-10-12-6-5-11-3-1-2-4-14(11)12/h1-4,12-13,16H,5-10H2,(H,17,18). The molecule has 0 saturated carbocycles. The van der Waals surface area contributed by atoms with Gasteiger partial charge in [-0.15, -0.1) is 0 Å². The van der Waals surface area contributed by atoms with Crippen LogP contribution in [0.1, 0.15) is 29.9 Å². The third kappa shape index (κ3) is 2.27. The van der Waals surface area contributed by atoms with Crippen LogP contribution < -0.4 is 10.6 Å². The van der Waals surface area contributed by atoms with Crippen molar-refractivity contribution in [3.8, 4) is 0 Å². The summed E-state index contributed by atoms with van der Waals surface area (Å²) in [6, 6.07) is 8.61. The summed E-state index contributed by atoms with van der Waals surface area (Å²) in [5.41, 5.74) is 2.89. The molecule has 2 aliphatic rings. The molecule has 1 aliphatic carbocycles. The number of hydrogen-bond acceptors (Lipinski definition) is 2. The van der Waals surface area contributed by atoms with Crippen molar-refractivity contribution in [1.29, 1.82) is 0 Å². The van der Waals surface area contributed by atoms with E-state index in [4.69, 9.17) is 0 Å². The highest BCUT2D eigenvalue weighted by Gasteiger charge is 2.25. The summed E-state index contributed by atoms with van der Waals surface area (Å²) in [6.07, 6.45) is 3.30. The molecule has 2 N–H and O–H groups in total. The molecule has 1 aromatic carbocycles. The van der Waals surface area contributed by atoms with Gasteiger partial charge in [-0.05, 0) is 36.9 Å². The normalized spacial score (nSPS) is 26.0. The molecule has 2 atom stereocenters. The Morgan fingerprint density at radius 3 is 3.06 bits per heavy atom. The number of aryl methyl sites for hydroxylation is 1. The average Bonchev–Trinajstić information content (AvgIpc) is 3.06. The van der Waals surface area contributed by atoms with Crippen LogP contribution in [-0.4, -0.2) is 25.5 Å². The van der Waals surface area contributed by atoms with Gasteiger partial charge in [0.1, 0.15) is 0 Å². The molecule has 0 radical (unpaired) electrons. The summed E-state index contributed by atoms with van der Waals surface area (Å²) in [5, 5.41) is 6.36. The Balaban J connectivity index is 1.57. The zero-order valence-corrected chi connectivity index (χ0v) is 10.6. The van der Waals surface area contributed by atoms with Crippen molar-refractivity contribution in [3.63, 3.8) is 0 Å². The Kier molecular flexibility index (Phi) is 3.33. The molecular formula is C15H20N2O. The van der Waals surface area contributed by atoms with Crippen LogP contribution in [0.4, 0.5) is 0 Å². The number of fused-ring (bicyclic) bond motifs is 1. The molecule has 3 heteroatoms. The van der Waals surface area contributed by atoms with Crippen molar-refractivity contribution in [2.24, 2.45) is 5.92 Å². The van der Waals surface area contributed by atoms with Gasteiger partial charge in [0.05, 0.1) is 5.92 Å². The predicted octanol–water partition coefficient (Wildman–Crippen LogP) is 1.44. The van der Waals surface area contributed by atoms with E-state index in [-0.39, 0.29) is 11.8 Å². The Morgan fingerprint density at radius 2 is 2.22 bits per heavy atom. The summed E-state index contributed by atoms with van der Waals surface area (Å²) in [6.45, 7) is 2.61. The third-order valence-electron chi connectivity index (χ3n) is 4.21. The van der Waals surface area contributed by atoms with Crippen LogP contribution in [0.3, 0.4) is 0 Å². The van der Waals surface area contributed by atoms with E-state index in [0.29, 0.717) is 5.92 Å². The van der Waals surface area contributed by atoms with Gasteiger partial charge in [-0.1, -0.05) is 24.3 Å². The van der Waals surface area contributed by atoms with Gasteiger partial charge < -0.3 is 10.6 Å². The van der Waals surface area contributed by atoms with Crippen molar-refractivity contribution in [2.45, 2.75) is 25.2 Å². The number of rotatable bonds is 3. The lowest BCUT2D eigenvalue weighted by Crippen LogP contribution is -2.34. The fraction of sp³-hybridized carbons (Fsp3) is 0.533. The zero-order chi connectivity index (χ0) is 12.4. The minimum Gasteiger partial charge on any atom is -0.355 e. The summed E-state index contributed by atoms with van der Waals surface area (Å²) in [7, 11) is 0. The number of amides is 1. The van der Waals surface area contributed by atoms with Crippen LogP contribution in [0.5, 0.6) is 0 Å². The van der Waals surface area contributed by atoms with E-state index >= 15 is 0 Å². The number of hydrogen-bond donors (Lipinski definition) is 2. The van der Waals surface area contributed by atoms with Crippen LogP contribution >= 0.6 is 0 Å². The van der Waals surface area contributed by atoms with Gasteiger partial charge in [-0.3, -0.25) is 4.79 Å². The molecule has 3 nitrogen and oxygen atoms in total. The molecule has 2 unspecified atom stereocenters. The molecule has 1 amide bonds. The van der Waals surface area contributed by atoms with Crippen molar-refractivity contribution in [3.05, 3.63) is 35.4 Å². The number of benzene rings is 1. The molecule has 0 spiro atoms. The molecule has 18 heavy (non-hydrogen) atoms. The molecule has 1 fully saturated rings. The van der Waals surface area contributed by atoms with E-state index in [1.165, 1.54) is 17.5 Å². The summed E-state index contributed by atoms with van der Waals surface area (Å²) in [4.78, 5) is 12.0. The molecule has 96 valence electrons. The zero-order valence-electron chi connectivity index (χ0n) is 10.6. The van der Waals surface area contributed by atoms with Gasteiger partial charge in [0, 0.05) is 19.0 Å². The molecule has 3 rings (SSSR count). The summed E-state index contributed by atoms with van der Waals surface area (Å²) in [5.74, 6) is 0.922. The van der Waals surface area contributed by atoms with E-state index in [0.717, 1.165) is 32.5 Å². The van der Waals surface area contributed by atoms with Crippen molar-refractivity contribution in [2.75, 3.05) is 19.6 Å². The number of nitrogens with one attached hydrogen (secondary N) is 2. The highest BCUT2D eigenvalue weighted by molar-refractivity contribution is 5.79. The first-order chi connectivity index (χ1) is 8.84. The quantitative estimate of drug-likeness (QED) is 0.845. The summed E-state index contributed by atoms with van der Waals surface area (Å²) >= 11 is 0. The maximum Gasteiger partial charge on any atom is 0.224 e. The van der Waals surface area contributed by atoms with Gasteiger partial charge in [0.25, 0.3) is 0 Å². The lowest BCUT2D eigenvalue weighted by atomic mass is 10.0. The van der Waals surface area contributed by atoms with Crippen LogP contribution in [0.25, 0.3) is 0 Å². The van der Waals surface area contributed by atoms with Gasteiger partial charge in [-0.2, -0.15) is 0 Å². The maximum absolute atomic E-state index is 12.0. The van der Waals surface area contributed by atoms with Gasteiger partial charge in [0.2, 0.25) is 5.91 Å². The highest BCUT2D eigenvalue weighted by atomic mass is 16.1. The fourth-order valence-electron chi connectivity index (χ4n) is 3.10. The van der Waals surface area contributed by atoms with Crippen LogP contribution in [-0.2, 0) is 11.2 Å². The van der Waals surface area contributed by atoms with E-state index in [1.807, 2.05) is 0 Å². The van der Waals surface area contributed by atoms with Crippen molar-refractivity contribution < 1.29 is 4.79 Å². The van der Waals surface area contributed by atoms with Gasteiger partial charge in [-0.25, -0.2) is 0 Å². The molecular weight excluding hydrogens is 224 g/mol. The Morgan fingerprint density at radius 1 is 1.33 bits per heavy atom. The first kappa shape index (κ1) is 11.7. The topological polar surface area (TPSA) is 41.1 Å². The summed E-state index contributed by atoms with van der Waals surface area (Å²) < 4.78 is 0. The lowest BCUT2D eigenvalue weighted by Gasteiger charge is -2.15. The van der Waals surface area contributed by atoms with Crippen molar-refractivity contribution >= 4 is 5.91 Å². The van der Waals surface area contributed by atoms with Gasteiger partial charge in [0.15, 0.2) is 0 Å². The highest BCUT2D eigenvalue weighted by Crippen LogP contribution is 2.32. The first-order valence-electron chi connectivity index (χ1n) is 6.91. The van der Waals surface area contributed by atoms with Gasteiger partial charge >= 0.3 is 0 Å². The maximum atomic E-state index is 12.0. The SMILES string of the molecule is O=C(NCC1CCc2ccccc21)C1CCNC1. The second-order valence-corrected chi connectivity index (χ2v) is 5.37. The largest absolute Gasteiger partial charge is 0.355 e. The average molecular weight is 244 g/mol. The Labute approximate surface area is 108 Å². The molecule has 1 aromatic rings. The van der Waals surface area contributed by atoms with E-state index in [9.17, 15) is 4.79 Å². The molecule has 1 saturated heterocycles. The minimum atomic E-state index is 0.182. The second kappa shape index (κ2) is 5.11. The Hall–Kier alpha value is -1.35. The Bertz CT molecular complexity index is 438. The van der Waals surface area contributed by atoms with E-state index in [2.05, 4.69) is 34.9 Å². The monoisotopic (exact) mass is 244 g/mol. The van der Waals surface area contributed by atoms with Crippen LogP contribution in [0.15, 0.2) is 24.3 Å². The first-order valence-corrected chi connectivity index (χ1v) is 6.91. The third-order valence-corrected chi connectivity index (χ3v) is 4.21. The number of carbonyl (C=O) groups excluding carboxylic acids is 1. The fourth-order valence-corrected chi connectivity index (χ4v) is 3.10. The second-order valence-electron chi connectivity index (χ2n) is 5.37. The molecule has 0 aromatic heterocycles. The predicted molar refractivity (Wildman–Crippen MR) is 71.5 cm³/mol. The lowest BCUT2D eigenvalue weighted by molar-refractivity contribution is -0.124. The minimum absolute atomic E-state index is 0.182. The van der Waals surface area contributed by atoms with Crippen LogP contribution in [0, 0.1) is 5.92 Å². The van der Waals surface area contributed by atoms with Crippen LogP contribution in [0.2, 0.25) is 0 Å². The number of carbonyl (C=O) groups is 1. The smallest absolute Gasteiger partial charge is 0.224 e. The van der Waals surface area contributed by atoms with E-state index < -0.39 is 0 Å². The molecule has 0 bridgehead atoms.